The Labute approximate surface area is 211 Å². The van der Waals surface area contributed by atoms with E-state index in [2.05, 4.69) is 0 Å². The Morgan fingerprint density at radius 1 is 0.973 bits per heavy atom. The summed E-state index contributed by atoms with van der Waals surface area (Å²) in [5.41, 5.74) is -0.809. The third kappa shape index (κ3) is 7.83. The fourth-order valence-corrected chi connectivity index (χ4v) is 4.60. The highest BCUT2D eigenvalue weighted by molar-refractivity contribution is 7.90. The Kier molecular flexibility index (Phi) is 9.03. The van der Waals surface area contributed by atoms with E-state index in [-0.39, 0.29) is 48.0 Å². The summed E-state index contributed by atoms with van der Waals surface area (Å²) in [6.45, 7) is 0.453. The molecule has 0 unspecified atom stereocenters. The van der Waals surface area contributed by atoms with Gasteiger partial charge in [-0.2, -0.15) is 13.2 Å². The summed E-state index contributed by atoms with van der Waals surface area (Å²) < 4.78 is 96.8. The molecule has 3 aromatic rings. The van der Waals surface area contributed by atoms with E-state index in [4.69, 9.17) is 4.74 Å². The van der Waals surface area contributed by atoms with Crippen LogP contribution in [0.5, 0.6) is 5.75 Å². The predicted molar refractivity (Wildman–Crippen MR) is 127 cm³/mol. The number of rotatable bonds is 11. The highest BCUT2D eigenvalue weighted by atomic mass is 32.2. The first-order valence-corrected chi connectivity index (χ1v) is 13.0. The molecule has 198 valence electrons. The van der Waals surface area contributed by atoms with Crippen LogP contribution in [-0.2, 0) is 29.1 Å². The molecule has 0 amide bonds. The number of halogens is 5. The summed E-state index contributed by atoms with van der Waals surface area (Å²) in [4.78, 5) is 12.7. The molecule has 0 heterocycles. The normalized spacial score (nSPS) is 12.1. The van der Waals surface area contributed by atoms with Crippen LogP contribution in [0.4, 0.5) is 22.0 Å². The molecule has 5 nitrogen and oxygen atoms in total. The monoisotopic (exact) mass is 541 g/mol. The van der Waals surface area contributed by atoms with Gasteiger partial charge in [0.2, 0.25) is 0 Å². The Morgan fingerprint density at radius 3 is 2.30 bits per heavy atom. The molecule has 11 heteroatoms. The number of ether oxygens (including phenoxy) is 1. The third-order valence-corrected chi connectivity index (χ3v) is 6.65. The molecular formula is C26H24F5NO4S. The first-order chi connectivity index (χ1) is 17.4. The average molecular weight is 542 g/mol. The van der Waals surface area contributed by atoms with Crippen LogP contribution < -0.4 is 4.74 Å². The molecule has 0 aliphatic carbocycles. The molecule has 3 aromatic carbocycles. The van der Waals surface area contributed by atoms with Crippen molar-refractivity contribution in [3.63, 3.8) is 0 Å². The summed E-state index contributed by atoms with van der Waals surface area (Å²) in [5.74, 6) is -1.57. The first-order valence-electron chi connectivity index (χ1n) is 11.1. The smallest absolute Gasteiger partial charge is 0.419 e. The molecule has 0 radical (unpaired) electrons. The van der Waals surface area contributed by atoms with Gasteiger partial charge in [-0.1, -0.05) is 24.3 Å². The van der Waals surface area contributed by atoms with Gasteiger partial charge in [-0.25, -0.2) is 17.2 Å². The highest BCUT2D eigenvalue weighted by Crippen LogP contribution is 2.33. The van der Waals surface area contributed by atoms with E-state index in [1.165, 1.54) is 48.5 Å². The number of hydrogen-bond donors (Lipinski definition) is 0. The molecule has 0 aliphatic rings. The van der Waals surface area contributed by atoms with Crippen LogP contribution in [0.3, 0.4) is 0 Å². The quantitative estimate of drug-likeness (QED) is 0.178. The molecule has 0 bridgehead atoms. The molecule has 0 N–H and O–H groups in total. The van der Waals surface area contributed by atoms with Crippen molar-refractivity contribution in [1.29, 1.82) is 0 Å². The zero-order valence-electron chi connectivity index (χ0n) is 19.8. The lowest BCUT2D eigenvalue weighted by atomic mass is 10.1. The van der Waals surface area contributed by atoms with E-state index in [0.29, 0.717) is 24.3 Å². The molecular weight excluding hydrogens is 517 g/mol. The molecule has 0 spiro atoms. The van der Waals surface area contributed by atoms with Gasteiger partial charge in [0, 0.05) is 37.0 Å². The van der Waals surface area contributed by atoms with Gasteiger partial charge in [0.05, 0.1) is 17.1 Å². The predicted octanol–water partition coefficient (Wildman–Crippen LogP) is 5.67. The molecule has 0 aliphatic heterocycles. The minimum atomic E-state index is -4.83. The molecule has 0 aromatic heterocycles. The lowest BCUT2D eigenvalue weighted by molar-refractivity contribution is -0.140. The highest BCUT2D eigenvalue weighted by Gasteiger charge is 2.34. The number of benzene rings is 3. The van der Waals surface area contributed by atoms with Crippen LogP contribution in [0.25, 0.3) is 0 Å². The van der Waals surface area contributed by atoms with Crippen molar-refractivity contribution < 1.29 is 39.9 Å². The third-order valence-electron chi connectivity index (χ3n) is 5.50. The van der Waals surface area contributed by atoms with E-state index >= 15 is 0 Å². The Morgan fingerprint density at radius 2 is 1.68 bits per heavy atom. The van der Waals surface area contributed by atoms with E-state index in [9.17, 15) is 35.2 Å². The minimum Gasteiger partial charge on any atom is -0.494 e. The Hall–Kier alpha value is -3.31. The summed E-state index contributed by atoms with van der Waals surface area (Å²) in [5, 5.41) is 0. The standard InChI is InChI=1S/C26H24F5NO4S/c1-37(34,35)24-14-22(11-8-20(24)17-33)36-13-3-12-32(15-18-6-9-21(27)10-7-18)16-19-4-2-5-23(25(19)28)26(29,30)31/h2,4-11,14,17H,3,12-13,15-16H2,1H3. The van der Waals surface area contributed by atoms with E-state index in [1.807, 2.05) is 0 Å². The number of carbonyl (C=O) groups is 1. The zero-order chi connectivity index (χ0) is 27.2. The fourth-order valence-electron chi connectivity index (χ4n) is 3.72. The zero-order valence-corrected chi connectivity index (χ0v) is 20.6. The maximum atomic E-state index is 14.6. The lowest BCUT2D eigenvalue weighted by Crippen LogP contribution is -2.26. The Bertz CT molecular complexity index is 1340. The maximum absolute atomic E-state index is 14.6. The SMILES string of the molecule is CS(=O)(=O)c1cc(OCCCN(Cc2ccc(F)cc2)Cc2cccc(C(F)(F)F)c2F)ccc1C=O. The molecule has 0 saturated heterocycles. The van der Waals surface area contributed by atoms with Crippen molar-refractivity contribution in [1.82, 2.24) is 4.90 Å². The lowest BCUT2D eigenvalue weighted by Gasteiger charge is -2.24. The van der Waals surface area contributed by atoms with E-state index < -0.39 is 33.2 Å². The van der Waals surface area contributed by atoms with Crippen molar-refractivity contribution in [2.24, 2.45) is 0 Å². The van der Waals surface area contributed by atoms with Crippen molar-refractivity contribution >= 4 is 16.1 Å². The molecule has 0 atom stereocenters. The topological polar surface area (TPSA) is 63.7 Å². The second-order valence-corrected chi connectivity index (χ2v) is 10.4. The fraction of sp³-hybridized carbons (Fsp3) is 0.269. The number of nitrogens with zero attached hydrogens (tertiary/aromatic N) is 1. The van der Waals surface area contributed by atoms with Crippen LogP contribution in [-0.4, -0.2) is 39.0 Å². The van der Waals surface area contributed by atoms with Gasteiger partial charge < -0.3 is 4.74 Å². The number of alkyl halides is 3. The van der Waals surface area contributed by atoms with E-state index in [0.717, 1.165) is 12.3 Å². The van der Waals surface area contributed by atoms with Gasteiger partial charge in [-0.3, -0.25) is 9.69 Å². The molecule has 37 heavy (non-hydrogen) atoms. The number of hydrogen-bond acceptors (Lipinski definition) is 5. The van der Waals surface area contributed by atoms with Crippen molar-refractivity contribution in [2.45, 2.75) is 30.6 Å². The van der Waals surface area contributed by atoms with Gasteiger partial charge in [0.25, 0.3) is 0 Å². The molecule has 0 fully saturated rings. The van der Waals surface area contributed by atoms with Gasteiger partial charge in [-0.05, 0) is 48.4 Å². The summed E-state index contributed by atoms with van der Waals surface area (Å²) in [7, 11) is -3.66. The summed E-state index contributed by atoms with van der Waals surface area (Å²) in [6.07, 6.45) is -3.08. The molecule has 3 rings (SSSR count). The van der Waals surface area contributed by atoms with Crippen LogP contribution in [0.2, 0.25) is 0 Å². The number of carbonyl (C=O) groups excluding carboxylic acids is 1. The number of aldehydes is 1. The van der Waals surface area contributed by atoms with Crippen molar-refractivity contribution in [3.05, 3.63) is 94.6 Å². The van der Waals surface area contributed by atoms with Gasteiger partial charge in [0.15, 0.2) is 16.1 Å². The average Bonchev–Trinajstić information content (AvgIpc) is 2.83. The van der Waals surface area contributed by atoms with Crippen LogP contribution in [0, 0.1) is 11.6 Å². The summed E-state index contributed by atoms with van der Waals surface area (Å²) >= 11 is 0. The van der Waals surface area contributed by atoms with Gasteiger partial charge in [-0.15, -0.1) is 0 Å². The second-order valence-electron chi connectivity index (χ2n) is 8.41. The van der Waals surface area contributed by atoms with Crippen molar-refractivity contribution in [2.75, 3.05) is 19.4 Å². The van der Waals surface area contributed by atoms with Gasteiger partial charge in [0.1, 0.15) is 17.4 Å². The summed E-state index contributed by atoms with van der Waals surface area (Å²) in [6, 6.07) is 12.7. The van der Waals surface area contributed by atoms with Crippen LogP contribution in [0.1, 0.15) is 33.5 Å². The van der Waals surface area contributed by atoms with Gasteiger partial charge >= 0.3 is 6.18 Å². The number of sulfone groups is 1. The minimum absolute atomic E-state index is 0.00318. The van der Waals surface area contributed by atoms with E-state index in [1.54, 1.807) is 4.90 Å². The first kappa shape index (κ1) is 28.3. The van der Waals surface area contributed by atoms with Crippen LogP contribution in [0.15, 0.2) is 65.6 Å². The Balaban J connectivity index is 1.73. The second kappa shape index (κ2) is 11.8. The largest absolute Gasteiger partial charge is 0.494 e. The van der Waals surface area contributed by atoms with Crippen LogP contribution >= 0.6 is 0 Å². The van der Waals surface area contributed by atoms with Crippen molar-refractivity contribution in [3.8, 4) is 5.75 Å². The molecule has 0 saturated carbocycles. The maximum Gasteiger partial charge on any atom is 0.419 e.